The van der Waals surface area contributed by atoms with Crippen molar-refractivity contribution in [2.45, 2.75) is 32.0 Å². The predicted molar refractivity (Wildman–Crippen MR) is 73.8 cm³/mol. The molecule has 2 amide bonds. The van der Waals surface area contributed by atoms with Crippen LogP contribution in [-0.2, 0) is 14.3 Å². The molecule has 108 valence electrons. The van der Waals surface area contributed by atoms with Gasteiger partial charge in [0.2, 0.25) is 11.8 Å². The zero-order chi connectivity index (χ0) is 13.8. The second-order valence-corrected chi connectivity index (χ2v) is 6.09. The third kappa shape index (κ3) is 3.61. The number of hydrogen-bond donors (Lipinski definition) is 2. The van der Waals surface area contributed by atoms with Gasteiger partial charge in [0.25, 0.3) is 0 Å². The lowest BCUT2D eigenvalue weighted by Gasteiger charge is -2.36. The van der Waals surface area contributed by atoms with Gasteiger partial charge in [0.1, 0.15) is 6.04 Å². The summed E-state index contributed by atoms with van der Waals surface area (Å²) < 4.78 is 5.35. The van der Waals surface area contributed by atoms with Crippen molar-refractivity contribution in [1.29, 1.82) is 0 Å². The summed E-state index contributed by atoms with van der Waals surface area (Å²) in [6.07, 6.45) is 0. The van der Waals surface area contributed by atoms with Crippen LogP contribution in [0.2, 0.25) is 0 Å². The molecule has 19 heavy (non-hydrogen) atoms. The van der Waals surface area contributed by atoms with Gasteiger partial charge in [-0.2, -0.15) is 0 Å². The molecule has 0 radical (unpaired) electrons. The molecule has 6 nitrogen and oxygen atoms in total. The van der Waals surface area contributed by atoms with E-state index >= 15 is 0 Å². The Morgan fingerprint density at radius 3 is 2.89 bits per heavy atom. The fourth-order valence-electron chi connectivity index (χ4n) is 2.22. The number of rotatable bonds is 3. The van der Waals surface area contributed by atoms with Crippen LogP contribution in [0.15, 0.2) is 0 Å². The molecule has 0 aromatic carbocycles. The Kier molecular flexibility index (Phi) is 5.06. The topological polar surface area (TPSA) is 70.7 Å². The Morgan fingerprint density at radius 2 is 2.26 bits per heavy atom. The van der Waals surface area contributed by atoms with E-state index in [0.717, 1.165) is 11.6 Å². The molecular weight excluding hydrogens is 266 g/mol. The molecule has 2 heterocycles. The van der Waals surface area contributed by atoms with Crippen molar-refractivity contribution in [3.05, 3.63) is 0 Å². The molecule has 7 heteroatoms. The minimum atomic E-state index is -0.504. The molecule has 0 aromatic rings. The third-order valence-corrected chi connectivity index (χ3v) is 4.10. The Labute approximate surface area is 117 Å². The molecule has 2 unspecified atom stereocenters. The Hall–Kier alpha value is -0.790. The van der Waals surface area contributed by atoms with Gasteiger partial charge >= 0.3 is 0 Å². The largest absolute Gasteiger partial charge is 0.377 e. The van der Waals surface area contributed by atoms with Gasteiger partial charge in [-0.1, -0.05) is 0 Å². The first-order chi connectivity index (χ1) is 9.09. The van der Waals surface area contributed by atoms with E-state index in [2.05, 4.69) is 10.6 Å². The van der Waals surface area contributed by atoms with Gasteiger partial charge in [-0.25, -0.2) is 0 Å². The smallest absolute Gasteiger partial charge is 0.245 e. The van der Waals surface area contributed by atoms with E-state index in [-0.39, 0.29) is 30.5 Å². The van der Waals surface area contributed by atoms with Crippen LogP contribution in [0.25, 0.3) is 0 Å². The maximum atomic E-state index is 12.4. The Balaban J connectivity index is 2.02. The van der Waals surface area contributed by atoms with Gasteiger partial charge in [0.15, 0.2) is 0 Å². The van der Waals surface area contributed by atoms with E-state index in [1.807, 2.05) is 13.8 Å². The van der Waals surface area contributed by atoms with Gasteiger partial charge in [0, 0.05) is 24.2 Å². The number of hydrogen-bond acceptors (Lipinski definition) is 5. The summed E-state index contributed by atoms with van der Waals surface area (Å²) in [6.45, 7) is 5.07. The molecule has 2 rings (SSSR count). The monoisotopic (exact) mass is 287 g/mol. The van der Waals surface area contributed by atoms with Crippen LogP contribution in [0.3, 0.4) is 0 Å². The summed E-state index contributed by atoms with van der Waals surface area (Å²) in [5, 5.41) is 6.00. The quantitative estimate of drug-likeness (QED) is 0.725. The maximum absolute atomic E-state index is 12.4. The van der Waals surface area contributed by atoms with Crippen molar-refractivity contribution in [2.75, 3.05) is 31.4 Å². The van der Waals surface area contributed by atoms with Crippen molar-refractivity contribution in [2.24, 2.45) is 0 Å². The highest BCUT2D eigenvalue weighted by molar-refractivity contribution is 7.99. The number of ether oxygens (including phenoxy) is 1. The number of morpholine rings is 1. The standard InChI is InChI=1S/C12H21N3O3S/c1-8(2)14-11(16)10-5-18-4-3-15(10)12(17)9-6-19-7-13-9/h8-10,13H,3-7H2,1-2H3,(H,14,16). The zero-order valence-electron chi connectivity index (χ0n) is 11.3. The van der Waals surface area contributed by atoms with Crippen molar-refractivity contribution in [3.8, 4) is 0 Å². The van der Waals surface area contributed by atoms with Crippen molar-refractivity contribution < 1.29 is 14.3 Å². The number of nitrogens with zero attached hydrogens (tertiary/aromatic N) is 1. The van der Waals surface area contributed by atoms with Gasteiger partial charge in [-0.3, -0.25) is 14.9 Å². The molecule has 0 bridgehead atoms. The third-order valence-electron chi connectivity index (χ3n) is 3.16. The van der Waals surface area contributed by atoms with Gasteiger partial charge in [-0.15, -0.1) is 11.8 Å². The first-order valence-corrected chi connectivity index (χ1v) is 7.75. The van der Waals surface area contributed by atoms with E-state index in [9.17, 15) is 9.59 Å². The lowest BCUT2D eigenvalue weighted by molar-refractivity contribution is -0.149. The van der Waals surface area contributed by atoms with E-state index in [4.69, 9.17) is 4.74 Å². The summed E-state index contributed by atoms with van der Waals surface area (Å²) in [7, 11) is 0. The van der Waals surface area contributed by atoms with E-state index in [1.165, 1.54) is 0 Å². The highest BCUT2D eigenvalue weighted by atomic mass is 32.2. The molecule has 0 saturated carbocycles. The van der Waals surface area contributed by atoms with Crippen LogP contribution in [0.5, 0.6) is 0 Å². The van der Waals surface area contributed by atoms with E-state index in [1.54, 1.807) is 16.7 Å². The summed E-state index contributed by atoms with van der Waals surface area (Å²) in [5.74, 6) is 1.45. The van der Waals surface area contributed by atoms with Crippen molar-refractivity contribution in [3.63, 3.8) is 0 Å². The number of carbonyl (C=O) groups is 2. The van der Waals surface area contributed by atoms with Crippen molar-refractivity contribution >= 4 is 23.6 Å². The minimum absolute atomic E-state index is 0.0113. The first kappa shape index (κ1) is 14.6. The lowest BCUT2D eigenvalue weighted by atomic mass is 10.1. The lowest BCUT2D eigenvalue weighted by Crippen LogP contribution is -2.60. The summed E-state index contributed by atoms with van der Waals surface area (Å²) >= 11 is 1.70. The number of nitrogens with one attached hydrogen (secondary N) is 2. The highest BCUT2D eigenvalue weighted by Gasteiger charge is 2.37. The fourth-order valence-corrected chi connectivity index (χ4v) is 3.15. The number of carbonyl (C=O) groups excluding carboxylic acids is 2. The highest BCUT2D eigenvalue weighted by Crippen LogP contribution is 2.15. The summed E-state index contributed by atoms with van der Waals surface area (Å²) in [6, 6.07) is -0.611. The van der Waals surface area contributed by atoms with Crippen LogP contribution in [0.4, 0.5) is 0 Å². The van der Waals surface area contributed by atoms with E-state index < -0.39 is 6.04 Å². The fraction of sp³-hybridized carbons (Fsp3) is 0.833. The SMILES string of the molecule is CC(C)NC(=O)C1COCCN1C(=O)C1CSCN1. The molecule has 2 fully saturated rings. The number of thioether (sulfide) groups is 1. The molecule has 2 aliphatic rings. The molecule has 2 saturated heterocycles. The van der Waals surface area contributed by atoms with Crippen LogP contribution < -0.4 is 10.6 Å². The van der Waals surface area contributed by atoms with Crippen LogP contribution in [0.1, 0.15) is 13.8 Å². The second kappa shape index (κ2) is 6.58. The molecule has 2 aliphatic heterocycles. The number of amides is 2. The molecule has 0 aliphatic carbocycles. The molecule has 2 atom stereocenters. The maximum Gasteiger partial charge on any atom is 0.245 e. The Bertz CT molecular complexity index is 345. The average Bonchev–Trinajstić information content (AvgIpc) is 2.91. The van der Waals surface area contributed by atoms with Crippen LogP contribution in [-0.4, -0.2) is 66.2 Å². The predicted octanol–water partition coefficient (Wildman–Crippen LogP) is -0.599. The molecule has 2 N–H and O–H groups in total. The van der Waals surface area contributed by atoms with E-state index in [0.29, 0.717) is 13.2 Å². The zero-order valence-corrected chi connectivity index (χ0v) is 12.2. The minimum Gasteiger partial charge on any atom is -0.377 e. The molecular formula is C12H21N3O3S. The molecule has 0 spiro atoms. The Morgan fingerprint density at radius 1 is 1.47 bits per heavy atom. The summed E-state index contributed by atoms with van der Waals surface area (Å²) in [4.78, 5) is 26.2. The van der Waals surface area contributed by atoms with Gasteiger partial charge < -0.3 is 15.0 Å². The normalized spacial score (nSPS) is 27.6. The van der Waals surface area contributed by atoms with Gasteiger partial charge in [-0.05, 0) is 13.8 Å². The van der Waals surface area contributed by atoms with Crippen LogP contribution >= 0.6 is 11.8 Å². The van der Waals surface area contributed by atoms with Crippen molar-refractivity contribution in [1.82, 2.24) is 15.5 Å². The average molecular weight is 287 g/mol. The van der Waals surface area contributed by atoms with Crippen LogP contribution in [0, 0.1) is 0 Å². The summed E-state index contributed by atoms with van der Waals surface area (Å²) in [5.41, 5.74) is 0. The second-order valence-electron chi connectivity index (χ2n) is 5.06. The van der Waals surface area contributed by atoms with Gasteiger partial charge in [0.05, 0.1) is 19.3 Å². The molecule has 0 aromatic heterocycles. The first-order valence-electron chi connectivity index (χ1n) is 6.59.